The molecule has 0 saturated carbocycles. The van der Waals surface area contributed by atoms with E-state index in [1.807, 2.05) is 37.3 Å². The molecule has 0 bridgehead atoms. The van der Waals surface area contributed by atoms with Crippen molar-refractivity contribution in [3.63, 3.8) is 0 Å². The van der Waals surface area contributed by atoms with E-state index in [1.165, 1.54) is 0 Å². The predicted molar refractivity (Wildman–Crippen MR) is 72.0 cm³/mol. The van der Waals surface area contributed by atoms with E-state index < -0.39 is 0 Å². The Bertz CT molecular complexity index is 506. The zero-order valence-corrected chi connectivity index (χ0v) is 10.8. The molecule has 0 aliphatic heterocycles. The molecule has 0 aliphatic carbocycles. The van der Waals surface area contributed by atoms with Crippen LogP contribution in [0.4, 0.5) is 0 Å². The van der Waals surface area contributed by atoms with Crippen LogP contribution in [0.25, 0.3) is 0 Å². The summed E-state index contributed by atoms with van der Waals surface area (Å²) >= 11 is 0. The first kappa shape index (κ1) is 13.1. The summed E-state index contributed by atoms with van der Waals surface area (Å²) in [5, 5.41) is 9.47. The Morgan fingerprint density at radius 2 is 2.11 bits per heavy atom. The number of carbonyl (C=O) groups excluding carboxylic acids is 1. The maximum atomic E-state index is 11.5. The van der Waals surface area contributed by atoms with E-state index in [-0.39, 0.29) is 12.5 Å². The smallest absolute Gasteiger partial charge is 0.257 e. The summed E-state index contributed by atoms with van der Waals surface area (Å²) in [5.74, 6) is 0.578. The van der Waals surface area contributed by atoms with Crippen molar-refractivity contribution in [2.45, 2.75) is 13.3 Å². The number of H-pyrrole nitrogens is 1. The second-order valence-corrected chi connectivity index (χ2v) is 4.28. The Kier molecular flexibility index (Phi) is 4.55. The Labute approximate surface area is 112 Å². The van der Waals surface area contributed by atoms with Gasteiger partial charge in [-0.2, -0.15) is 5.10 Å². The highest BCUT2D eigenvalue weighted by Gasteiger charge is 2.02. The molecule has 1 heterocycles. The van der Waals surface area contributed by atoms with Crippen molar-refractivity contribution in [3.05, 3.63) is 47.8 Å². The molecule has 1 amide bonds. The standard InChI is InChI=1S/C14H17N3O2/c1-11-2-4-13(5-3-11)19-10-14(18)15-8-6-12-7-9-16-17-12/h2-5,7,9H,6,8,10H2,1H3,(H,15,18)(H,16,17). The van der Waals surface area contributed by atoms with Crippen molar-refractivity contribution < 1.29 is 9.53 Å². The first-order chi connectivity index (χ1) is 9.24. The molecule has 0 radical (unpaired) electrons. The number of nitrogens with zero attached hydrogens (tertiary/aromatic N) is 1. The van der Waals surface area contributed by atoms with Crippen LogP contribution in [-0.2, 0) is 11.2 Å². The van der Waals surface area contributed by atoms with Gasteiger partial charge in [0.05, 0.1) is 0 Å². The van der Waals surface area contributed by atoms with E-state index in [9.17, 15) is 4.79 Å². The highest BCUT2D eigenvalue weighted by Crippen LogP contribution is 2.10. The molecule has 0 atom stereocenters. The van der Waals surface area contributed by atoms with Crippen LogP contribution < -0.4 is 10.1 Å². The Hall–Kier alpha value is -2.30. The zero-order valence-electron chi connectivity index (χ0n) is 10.8. The van der Waals surface area contributed by atoms with Gasteiger partial charge in [0.25, 0.3) is 5.91 Å². The Balaban J connectivity index is 1.65. The second kappa shape index (κ2) is 6.58. The molecule has 19 heavy (non-hydrogen) atoms. The van der Waals surface area contributed by atoms with E-state index in [1.54, 1.807) is 6.20 Å². The normalized spacial score (nSPS) is 10.2. The molecular weight excluding hydrogens is 242 g/mol. The third-order valence-corrected chi connectivity index (χ3v) is 2.67. The molecular formula is C14H17N3O2. The van der Waals surface area contributed by atoms with Gasteiger partial charge in [-0.1, -0.05) is 17.7 Å². The van der Waals surface area contributed by atoms with Gasteiger partial charge < -0.3 is 10.1 Å². The van der Waals surface area contributed by atoms with Crippen LogP contribution in [0.3, 0.4) is 0 Å². The zero-order chi connectivity index (χ0) is 13.5. The first-order valence-electron chi connectivity index (χ1n) is 6.18. The molecule has 100 valence electrons. The lowest BCUT2D eigenvalue weighted by Crippen LogP contribution is -2.30. The maximum Gasteiger partial charge on any atom is 0.257 e. The predicted octanol–water partition coefficient (Wildman–Crippen LogP) is 1.46. The topological polar surface area (TPSA) is 67.0 Å². The summed E-state index contributed by atoms with van der Waals surface area (Å²) in [7, 11) is 0. The van der Waals surface area contributed by atoms with Crippen LogP contribution in [0, 0.1) is 6.92 Å². The van der Waals surface area contributed by atoms with E-state index >= 15 is 0 Å². The molecule has 0 fully saturated rings. The van der Waals surface area contributed by atoms with E-state index in [4.69, 9.17) is 4.74 Å². The number of aryl methyl sites for hydroxylation is 1. The van der Waals surface area contributed by atoms with Gasteiger partial charge in [0, 0.05) is 24.9 Å². The first-order valence-corrected chi connectivity index (χ1v) is 6.18. The number of carbonyl (C=O) groups is 1. The minimum absolute atomic E-state index is 0.0338. The van der Waals surface area contributed by atoms with Gasteiger partial charge in [-0.3, -0.25) is 9.89 Å². The third-order valence-electron chi connectivity index (χ3n) is 2.67. The van der Waals surface area contributed by atoms with Crippen LogP contribution in [-0.4, -0.2) is 29.3 Å². The fourth-order valence-electron chi connectivity index (χ4n) is 1.59. The van der Waals surface area contributed by atoms with E-state index in [0.29, 0.717) is 12.3 Å². The van der Waals surface area contributed by atoms with Gasteiger partial charge >= 0.3 is 0 Å². The fourth-order valence-corrected chi connectivity index (χ4v) is 1.59. The van der Waals surface area contributed by atoms with Crippen LogP contribution in [0.5, 0.6) is 5.75 Å². The van der Waals surface area contributed by atoms with Crippen LogP contribution in [0.1, 0.15) is 11.3 Å². The molecule has 0 spiro atoms. The molecule has 1 aromatic carbocycles. The fraction of sp³-hybridized carbons (Fsp3) is 0.286. The molecule has 1 aromatic heterocycles. The maximum absolute atomic E-state index is 11.5. The summed E-state index contributed by atoms with van der Waals surface area (Å²) in [6, 6.07) is 9.49. The molecule has 0 unspecified atom stereocenters. The second-order valence-electron chi connectivity index (χ2n) is 4.28. The number of nitrogens with one attached hydrogen (secondary N) is 2. The molecule has 5 nitrogen and oxygen atoms in total. The van der Waals surface area contributed by atoms with Gasteiger partial charge in [0.2, 0.25) is 0 Å². The van der Waals surface area contributed by atoms with Crippen LogP contribution in [0.15, 0.2) is 36.5 Å². The minimum Gasteiger partial charge on any atom is -0.484 e. The summed E-state index contributed by atoms with van der Waals surface area (Å²) in [6.45, 7) is 2.61. The SMILES string of the molecule is Cc1ccc(OCC(=O)NCCc2ccn[nH]2)cc1. The Morgan fingerprint density at radius 3 is 2.79 bits per heavy atom. The number of hydrogen-bond acceptors (Lipinski definition) is 3. The number of rotatable bonds is 6. The third kappa shape index (κ3) is 4.46. The lowest BCUT2D eigenvalue weighted by atomic mass is 10.2. The van der Waals surface area contributed by atoms with E-state index in [0.717, 1.165) is 17.7 Å². The number of amides is 1. The quantitative estimate of drug-likeness (QED) is 0.825. The van der Waals surface area contributed by atoms with Crippen molar-refractivity contribution in [2.75, 3.05) is 13.2 Å². The number of benzene rings is 1. The van der Waals surface area contributed by atoms with Gasteiger partial charge in [-0.25, -0.2) is 0 Å². The summed E-state index contributed by atoms with van der Waals surface area (Å²) in [5.41, 5.74) is 2.16. The number of hydrogen-bond donors (Lipinski definition) is 2. The largest absolute Gasteiger partial charge is 0.484 e. The van der Waals surface area contributed by atoms with Gasteiger partial charge in [-0.05, 0) is 25.1 Å². The summed E-state index contributed by atoms with van der Waals surface area (Å²) in [6.07, 6.45) is 2.42. The van der Waals surface area contributed by atoms with Crippen molar-refractivity contribution >= 4 is 5.91 Å². The van der Waals surface area contributed by atoms with E-state index in [2.05, 4.69) is 15.5 Å². The van der Waals surface area contributed by atoms with Crippen molar-refractivity contribution in [3.8, 4) is 5.75 Å². The highest BCUT2D eigenvalue weighted by molar-refractivity contribution is 5.77. The lowest BCUT2D eigenvalue weighted by Gasteiger charge is -2.07. The molecule has 2 rings (SSSR count). The molecule has 2 aromatic rings. The van der Waals surface area contributed by atoms with Gasteiger partial charge in [-0.15, -0.1) is 0 Å². The summed E-state index contributed by atoms with van der Waals surface area (Å²) in [4.78, 5) is 11.5. The molecule has 5 heteroatoms. The number of aromatic amines is 1. The average molecular weight is 259 g/mol. The Morgan fingerprint density at radius 1 is 1.32 bits per heavy atom. The van der Waals surface area contributed by atoms with Gasteiger partial charge in [0.1, 0.15) is 5.75 Å². The molecule has 2 N–H and O–H groups in total. The lowest BCUT2D eigenvalue weighted by molar-refractivity contribution is -0.123. The average Bonchev–Trinajstić information content (AvgIpc) is 2.91. The number of aromatic nitrogens is 2. The summed E-state index contributed by atoms with van der Waals surface area (Å²) < 4.78 is 5.38. The monoisotopic (exact) mass is 259 g/mol. The van der Waals surface area contributed by atoms with Crippen molar-refractivity contribution in [1.29, 1.82) is 0 Å². The minimum atomic E-state index is -0.125. The number of ether oxygens (including phenoxy) is 1. The van der Waals surface area contributed by atoms with Crippen LogP contribution >= 0.6 is 0 Å². The highest BCUT2D eigenvalue weighted by atomic mass is 16.5. The molecule has 0 saturated heterocycles. The van der Waals surface area contributed by atoms with Crippen molar-refractivity contribution in [2.24, 2.45) is 0 Å². The van der Waals surface area contributed by atoms with Crippen molar-refractivity contribution in [1.82, 2.24) is 15.5 Å². The van der Waals surface area contributed by atoms with Crippen LogP contribution in [0.2, 0.25) is 0 Å². The molecule has 0 aliphatic rings. The van der Waals surface area contributed by atoms with Gasteiger partial charge in [0.15, 0.2) is 6.61 Å².